The number of hydrogen-bond donors (Lipinski definition) is 0. The molecule has 0 saturated heterocycles. The number of carbonyl (C=O) groups excluding carboxylic acids is 1. The molecule has 1 aromatic heterocycles. The first-order valence-corrected chi connectivity index (χ1v) is 9.75. The summed E-state index contributed by atoms with van der Waals surface area (Å²) in [7, 11) is 3.04. The van der Waals surface area contributed by atoms with Crippen molar-refractivity contribution in [2.75, 3.05) is 13.7 Å². The van der Waals surface area contributed by atoms with Gasteiger partial charge in [-0.25, -0.2) is 4.79 Å². The summed E-state index contributed by atoms with van der Waals surface area (Å²) < 4.78 is 12.0. The average molecular weight is 434 g/mol. The first kappa shape index (κ1) is 21.2. The van der Waals surface area contributed by atoms with Crippen molar-refractivity contribution < 1.29 is 14.3 Å². The van der Waals surface area contributed by atoms with Crippen LogP contribution in [0.15, 0.2) is 35.1 Å². The molecule has 0 unspecified atom stereocenters. The van der Waals surface area contributed by atoms with E-state index in [4.69, 9.17) is 27.9 Å². The van der Waals surface area contributed by atoms with Crippen LogP contribution in [-0.4, -0.2) is 24.3 Å². The molecular formula is C22H21Cl2NO4. The van der Waals surface area contributed by atoms with Gasteiger partial charge in [0.2, 0.25) is 0 Å². The Morgan fingerprint density at radius 1 is 1.10 bits per heavy atom. The molecule has 3 rings (SSSR count). The van der Waals surface area contributed by atoms with Crippen LogP contribution in [0.2, 0.25) is 10.0 Å². The Kier molecular flexibility index (Phi) is 6.20. The Morgan fingerprint density at radius 2 is 1.83 bits per heavy atom. The number of benzene rings is 2. The molecule has 29 heavy (non-hydrogen) atoms. The number of aryl methyl sites for hydroxylation is 3. The zero-order valence-electron chi connectivity index (χ0n) is 16.6. The molecule has 0 spiro atoms. The molecule has 0 bridgehead atoms. The quantitative estimate of drug-likeness (QED) is 0.551. The van der Waals surface area contributed by atoms with Crippen molar-refractivity contribution in [3.63, 3.8) is 0 Å². The van der Waals surface area contributed by atoms with Gasteiger partial charge < -0.3 is 14.0 Å². The molecule has 0 radical (unpaired) electrons. The molecule has 5 nitrogen and oxygen atoms in total. The zero-order chi connectivity index (χ0) is 21.3. The van der Waals surface area contributed by atoms with E-state index in [1.807, 2.05) is 32.0 Å². The topological polar surface area (TPSA) is 57.5 Å². The molecular weight excluding hydrogens is 413 g/mol. The first-order chi connectivity index (χ1) is 13.7. The number of ether oxygens (including phenoxy) is 2. The molecule has 2 aromatic carbocycles. The Hall–Kier alpha value is -2.50. The lowest BCUT2D eigenvalue weighted by molar-refractivity contribution is -0.142. The molecule has 0 N–H and O–H groups in total. The molecule has 0 aliphatic carbocycles. The maximum Gasteiger partial charge on any atom is 0.343 e. The van der Waals surface area contributed by atoms with Gasteiger partial charge >= 0.3 is 5.97 Å². The summed E-state index contributed by atoms with van der Waals surface area (Å²) in [6.07, 6.45) is 0.398. The second-order valence-electron chi connectivity index (χ2n) is 6.91. The highest BCUT2D eigenvalue weighted by molar-refractivity contribution is 6.42. The fraction of sp³-hybridized carbons (Fsp3) is 0.273. The van der Waals surface area contributed by atoms with Crippen LogP contribution in [0.3, 0.4) is 0 Å². The van der Waals surface area contributed by atoms with Gasteiger partial charge in [-0.15, -0.1) is 0 Å². The largest absolute Gasteiger partial charge is 0.481 e. The molecule has 7 heteroatoms. The molecule has 0 saturated carbocycles. The maximum atomic E-state index is 13.1. The Balaban J connectivity index is 2.18. The summed E-state index contributed by atoms with van der Waals surface area (Å²) in [5.41, 5.74) is 3.88. The third-order valence-corrected chi connectivity index (χ3v) is 5.65. The van der Waals surface area contributed by atoms with Crippen LogP contribution in [0.5, 0.6) is 5.75 Å². The van der Waals surface area contributed by atoms with Crippen molar-refractivity contribution in [1.82, 2.24) is 4.57 Å². The number of carbonyl (C=O) groups is 1. The van der Waals surface area contributed by atoms with Gasteiger partial charge in [0, 0.05) is 24.4 Å². The second kappa shape index (κ2) is 8.47. The third kappa shape index (κ3) is 4.26. The number of rotatable bonds is 5. The molecule has 0 fully saturated rings. The number of esters is 1. The molecule has 0 amide bonds. The van der Waals surface area contributed by atoms with Crippen molar-refractivity contribution in [2.24, 2.45) is 7.05 Å². The lowest BCUT2D eigenvalue weighted by Crippen LogP contribution is -2.24. The number of fused-ring (bicyclic) bond motifs is 1. The number of methoxy groups -OCH3 is 1. The van der Waals surface area contributed by atoms with Crippen molar-refractivity contribution in [1.29, 1.82) is 0 Å². The lowest BCUT2D eigenvalue weighted by atomic mass is 9.97. The van der Waals surface area contributed by atoms with E-state index in [1.54, 1.807) is 23.7 Å². The minimum atomic E-state index is -0.474. The molecule has 0 aliphatic heterocycles. The van der Waals surface area contributed by atoms with Crippen LogP contribution in [0.1, 0.15) is 22.3 Å². The van der Waals surface area contributed by atoms with Gasteiger partial charge in [-0.05, 0) is 54.8 Å². The molecule has 0 aliphatic rings. The number of halogens is 2. The van der Waals surface area contributed by atoms with Gasteiger partial charge in [0.05, 0.1) is 22.7 Å². The Labute approximate surface area is 178 Å². The van der Waals surface area contributed by atoms with Gasteiger partial charge in [0.25, 0.3) is 5.56 Å². The summed E-state index contributed by atoms with van der Waals surface area (Å²) >= 11 is 12.1. The summed E-state index contributed by atoms with van der Waals surface area (Å²) in [5, 5.41) is 1.70. The predicted molar refractivity (Wildman–Crippen MR) is 115 cm³/mol. The van der Waals surface area contributed by atoms with Gasteiger partial charge in [0.15, 0.2) is 6.61 Å². The number of nitrogens with zero attached hydrogens (tertiary/aromatic N) is 1. The van der Waals surface area contributed by atoms with Crippen molar-refractivity contribution >= 4 is 40.1 Å². The van der Waals surface area contributed by atoms with E-state index in [0.717, 1.165) is 27.6 Å². The molecule has 3 aromatic rings. The minimum Gasteiger partial charge on any atom is -0.481 e. The normalized spacial score (nSPS) is 11.0. The average Bonchev–Trinajstić information content (AvgIpc) is 2.69. The van der Waals surface area contributed by atoms with E-state index in [9.17, 15) is 9.59 Å². The van der Waals surface area contributed by atoms with Crippen LogP contribution in [-0.2, 0) is 23.0 Å². The van der Waals surface area contributed by atoms with Crippen LogP contribution in [0.25, 0.3) is 10.9 Å². The molecule has 152 valence electrons. The van der Waals surface area contributed by atoms with Crippen molar-refractivity contribution in [3.05, 3.63) is 73.0 Å². The number of hydrogen-bond acceptors (Lipinski definition) is 4. The third-order valence-electron chi connectivity index (χ3n) is 4.92. The van der Waals surface area contributed by atoms with Crippen LogP contribution in [0, 0.1) is 13.8 Å². The fourth-order valence-electron chi connectivity index (χ4n) is 3.37. The summed E-state index contributed by atoms with van der Waals surface area (Å²) in [4.78, 5) is 24.6. The smallest absolute Gasteiger partial charge is 0.343 e. The minimum absolute atomic E-state index is 0.0920. The number of aromatic nitrogens is 1. The van der Waals surface area contributed by atoms with E-state index in [0.29, 0.717) is 27.8 Å². The second-order valence-corrected chi connectivity index (χ2v) is 7.73. The zero-order valence-corrected chi connectivity index (χ0v) is 18.1. The van der Waals surface area contributed by atoms with Crippen LogP contribution < -0.4 is 10.3 Å². The summed E-state index contributed by atoms with van der Waals surface area (Å²) in [6.45, 7) is 3.59. The Morgan fingerprint density at radius 3 is 2.48 bits per heavy atom. The van der Waals surface area contributed by atoms with E-state index >= 15 is 0 Å². The maximum absolute atomic E-state index is 13.1. The SMILES string of the molecule is COC(=O)COc1cc(C)cc2c1c(C)c(Cc1ccc(Cl)c(Cl)c1)c(=O)n2C. The van der Waals surface area contributed by atoms with Gasteiger partial charge in [-0.2, -0.15) is 0 Å². The van der Waals surface area contributed by atoms with E-state index in [-0.39, 0.29) is 12.2 Å². The highest BCUT2D eigenvalue weighted by Gasteiger charge is 2.18. The van der Waals surface area contributed by atoms with E-state index in [1.165, 1.54) is 7.11 Å². The van der Waals surface area contributed by atoms with Crippen molar-refractivity contribution in [2.45, 2.75) is 20.3 Å². The molecule has 1 heterocycles. The summed E-state index contributed by atoms with van der Waals surface area (Å²) in [5.74, 6) is 0.0621. The fourth-order valence-corrected chi connectivity index (χ4v) is 3.69. The van der Waals surface area contributed by atoms with Crippen molar-refractivity contribution in [3.8, 4) is 5.75 Å². The van der Waals surface area contributed by atoms with E-state index in [2.05, 4.69) is 4.74 Å². The first-order valence-electron chi connectivity index (χ1n) is 8.99. The lowest BCUT2D eigenvalue weighted by Gasteiger charge is -2.17. The monoisotopic (exact) mass is 433 g/mol. The summed E-state index contributed by atoms with van der Waals surface area (Å²) in [6, 6.07) is 9.11. The van der Waals surface area contributed by atoms with Gasteiger partial charge in [-0.1, -0.05) is 29.3 Å². The van der Waals surface area contributed by atoms with E-state index < -0.39 is 5.97 Å². The Bertz CT molecular complexity index is 1170. The van der Waals surface area contributed by atoms with Gasteiger partial charge in [-0.3, -0.25) is 4.79 Å². The van der Waals surface area contributed by atoms with Gasteiger partial charge in [0.1, 0.15) is 5.75 Å². The van der Waals surface area contributed by atoms with Crippen LogP contribution >= 0.6 is 23.2 Å². The molecule has 0 atom stereocenters. The number of pyridine rings is 1. The highest BCUT2D eigenvalue weighted by Crippen LogP contribution is 2.32. The standard InChI is InChI=1S/C22H21Cl2NO4/c1-12-7-18-21(19(8-12)29-11-20(26)28-4)13(2)15(22(27)25(18)3)9-14-5-6-16(23)17(24)10-14/h5-8,10H,9,11H2,1-4H3. The predicted octanol–water partition coefficient (Wildman–Crippen LogP) is 4.60. The highest BCUT2D eigenvalue weighted by atomic mass is 35.5. The van der Waals surface area contributed by atoms with Crippen LogP contribution in [0.4, 0.5) is 0 Å².